The molecule has 8 bridgehead atoms. The number of hydrogen-bond donors (Lipinski definition) is 0. The van der Waals surface area contributed by atoms with Crippen molar-refractivity contribution in [3.05, 3.63) is 30.3 Å². The Morgan fingerprint density at radius 2 is 0.852 bits per heavy atom. The molecule has 0 atom stereocenters. The van der Waals surface area contributed by atoms with Crippen molar-refractivity contribution in [3.8, 4) is 0 Å². The highest BCUT2D eigenvalue weighted by Gasteiger charge is 2.62. The molecule has 0 N–H and O–H groups in total. The molecule has 0 saturated heterocycles. The highest BCUT2D eigenvalue weighted by atomic mass is 31.1. The molecule has 0 spiro atoms. The van der Waals surface area contributed by atoms with Gasteiger partial charge in [-0.15, -0.1) is 0 Å². The summed E-state index contributed by atoms with van der Waals surface area (Å²) in [5.74, 6) is 6.58. The Balaban J connectivity index is 1.37. The Labute approximate surface area is 166 Å². The van der Waals surface area contributed by atoms with E-state index in [1.54, 1.807) is 77.0 Å². The van der Waals surface area contributed by atoms with Crippen molar-refractivity contribution in [1.82, 2.24) is 0 Å². The summed E-state index contributed by atoms with van der Waals surface area (Å²) in [6.45, 7) is 0. The van der Waals surface area contributed by atoms with Gasteiger partial charge < -0.3 is 0 Å². The van der Waals surface area contributed by atoms with Crippen LogP contribution < -0.4 is 5.30 Å². The van der Waals surface area contributed by atoms with Crippen LogP contribution in [0.1, 0.15) is 77.0 Å². The van der Waals surface area contributed by atoms with Gasteiger partial charge in [-0.2, -0.15) is 0 Å². The zero-order chi connectivity index (χ0) is 17.6. The van der Waals surface area contributed by atoms with E-state index in [-0.39, 0.29) is 7.92 Å². The molecule has 0 unspecified atom stereocenters. The average molecular weight is 379 g/mol. The Bertz CT molecular complexity index is 619. The van der Waals surface area contributed by atoms with Crippen LogP contribution in [0.2, 0.25) is 0 Å². The van der Waals surface area contributed by atoms with Crippen molar-refractivity contribution in [2.75, 3.05) is 0 Å². The van der Waals surface area contributed by atoms with Crippen LogP contribution in [0.4, 0.5) is 0 Å². The molecule has 144 valence electrons. The third kappa shape index (κ3) is 2.38. The van der Waals surface area contributed by atoms with Crippen molar-refractivity contribution in [2.45, 2.75) is 87.4 Å². The topological polar surface area (TPSA) is 0 Å². The normalized spacial score (nSPS) is 53.0. The summed E-state index contributed by atoms with van der Waals surface area (Å²) in [6.07, 6.45) is 19.2. The first-order valence-corrected chi connectivity index (χ1v) is 13.4. The lowest BCUT2D eigenvalue weighted by molar-refractivity contribution is 0.0195. The quantitative estimate of drug-likeness (QED) is 0.511. The predicted molar refractivity (Wildman–Crippen MR) is 115 cm³/mol. The van der Waals surface area contributed by atoms with Gasteiger partial charge in [0, 0.05) is 0 Å². The lowest BCUT2D eigenvalue weighted by Gasteiger charge is -2.67. The second kappa shape index (κ2) is 5.62. The fourth-order valence-electron chi connectivity index (χ4n) is 10.3. The maximum absolute atomic E-state index is 2.57. The van der Waals surface area contributed by atoms with Crippen LogP contribution in [0.5, 0.6) is 0 Å². The standard InChI is InChI=1S/C26H35P/c1-2-4-24(5-3-1)27(25-12-18-6-19(13-25)8-20(7-18)14-25)26-15-21-9-22(16-26)11-23(10-21)17-26/h1-5,18-23H,6-17H2. The van der Waals surface area contributed by atoms with E-state index < -0.39 is 0 Å². The van der Waals surface area contributed by atoms with E-state index in [0.29, 0.717) is 0 Å². The fourth-order valence-corrected chi connectivity index (χ4v) is 15.5. The van der Waals surface area contributed by atoms with E-state index in [0.717, 1.165) is 45.8 Å². The number of rotatable bonds is 3. The molecule has 0 aromatic heterocycles. The first-order valence-electron chi connectivity index (χ1n) is 12.1. The van der Waals surface area contributed by atoms with Crippen LogP contribution >= 0.6 is 7.92 Å². The molecule has 8 saturated carbocycles. The minimum Gasteiger partial charge on any atom is -0.0626 e. The largest absolute Gasteiger partial charge is 0.0626 e. The Hall–Kier alpha value is -0.350. The molecule has 8 aliphatic carbocycles. The minimum absolute atomic E-state index is 0.00397. The maximum Gasteiger partial charge on any atom is -0.00414 e. The monoisotopic (exact) mass is 378 g/mol. The molecular weight excluding hydrogens is 343 g/mol. The maximum atomic E-state index is 2.57. The molecule has 8 aliphatic rings. The lowest BCUT2D eigenvalue weighted by Crippen LogP contribution is -2.58. The molecule has 1 aromatic rings. The van der Waals surface area contributed by atoms with E-state index >= 15 is 0 Å². The van der Waals surface area contributed by atoms with E-state index in [4.69, 9.17) is 0 Å². The summed E-state index contributed by atoms with van der Waals surface area (Å²) in [5.41, 5.74) is 0. The fraction of sp³-hybridized carbons (Fsp3) is 0.769. The molecule has 8 fully saturated rings. The molecule has 0 aliphatic heterocycles. The van der Waals surface area contributed by atoms with Crippen LogP contribution in [-0.2, 0) is 0 Å². The van der Waals surface area contributed by atoms with Crippen LogP contribution in [0.3, 0.4) is 0 Å². The molecule has 1 aromatic carbocycles. The molecule has 0 amide bonds. The van der Waals surface area contributed by atoms with Crippen molar-refractivity contribution in [2.24, 2.45) is 35.5 Å². The lowest BCUT2D eigenvalue weighted by atomic mass is 9.55. The molecule has 0 nitrogen and oxygen atoms in total. The van der Waals surface area contributed by atoms with Gasteiger partial charge in [0.25, 0.3) is 0 Å². The highest BCUT2D eigenvalue weighted by Crippen LogP contribution is 2.78. The SMILES string of the molecule is c1ccc(P(C23CC4CC(CC(C4)C2)C3)C23CC4CC(CC(C4)C2)C3)cc1. The molecule has 0 heterocycles. The van der Waals surface area contributed by atoms with Gasteiger partial charge in [0.15, 0.2) is 0 Å². The van der Waals surface area contributed by atoms with E-state index in [1.165, 1.54) is 0 Å². The molecule has 9 rings (SSSR count). The van der Waals surface area contributed by atoms with Crippen LogP contribution in [-0.4, -0.2) is 10.3 Å². The van der Waals surface area contributed by atoms with Crippen molar-refractivity contribution in [1.29, 1.82) is 0 Å². The Morgan fingerprint density at radius 3 is 1.19 bits per heavy atom. The predicted octanol–water partition coefficient (Wildman–Crippen LogP) is 6.73. The van der Waals surface area contributed by atoms with Gasteiger partial charge >= 0.3 is 0 Å². The average Bonchev–Trinajstić information content (AvgIpc) is 2.60. The van der Waals surface area contributed by atoms with Gasteiger partial charge in [0.1, 0.15) is 0 Å². The summed E-state index contributed by atoms with van der Waals surface area (Å²) >= 11 is 0. The molecule has 1 heteroatoms. The first kappa shape index (κ1) is 16.4. The van der Waals surface area contributed by atoms with Crippen LogP contribution in [0, 0.1) is 35.5 Å². The van der Waals surface area contributed by atoms with E-state index in [9.17, 15) is 0 Å². The summed E-state index contributed by atoms with van der Waals surface area (Å²) in [6, 6.07) is 12.1. The molecule has 27 heavy (non-hydrogen) atoms. The first-order chi connectivity index (χ1) is 13.2. The summed E-state index contributed by atoms with van der Waals surface area (Å²) in [5, 5.41) is 3.28. The van der Waals surface area contributed by atoms with Gasteiger partial charge in [0.05, 0.1) is 0 Å². The second-order valence-corrected chi connectivity index (χ2v) is 15.0. The number of benzene rings is 1. The molecule has 0 radical (unpaired) electrons. The van der Waals surface area contributed by atoms with Gasteiger partial charge in [-0.3, -0.25) is 0 Å². The van der Waals surface area contributed by atoms with Crippen molar-refractivity contribution in [3.63, 3.8) is 0 Å². The Kier molecular flexibility index (Phi) is 3.43. The minimum atomic E-state index is -0.00397. The van der Waals surface area contributed by atoms with E-state index in [2.05, 4.69) is 30.3 Å². The number of hydrogen-bond acceptors (Lipinski definition) is 0. The van der Waals surface area contributed by atoms with Crippen LogP contribution in [0.25, 0.3) is 0 Å². The second-order valence-electron chi connectivity index (χ2n) is 12.0. The third-order valence-electron chi connectivity index (χ3n) is 9.97. The van der Waals surface area contributed by atoms with Gasteiger partial charge in [0.2, 0.25) is 0 Å². The van der Waals surface area contributed by atoms with Gasteiger partial charge in [-0.05, 0) is 128 Å². The van der Waals surface area contributed by atoms with Crippen molar-refractivity contribution >= 4 is 13.2 Å². The van der Waals surface area contributed by atoms with Gasteiger partial charge in [-0.1, -0.05) is 38.3 Å². The summed E-state index contributed by atoms with van der Waals surface area (Å²) < 4.78 is 0. The van der Waals surface area contributed by atoms with Crippen molar-refractivity contribution < 1.29 is 0 Å². The Morgan fingerprint density at radius 1 is 0.519 bits per heavy atom. The highest BCUT2D eigenvalue weighted by molar-refractivity contribution is 7.68. The zero-order valence-corrected chi connectivity index (χ0v) is 17.7. The smallest absolute Gasteiger partial charge is 0.00414 e. The summed E-state index contributed by atoms with van der Waals surface area (Å²) in [7, 11) is -0.00397. The molecular formula is C26H35P. The zero-order valence-electron chi connectivity index (χ0n) is 16.8. The summed E-state index contributed by atoms with van der Waals surface area (Å²) in [4.78, 5) is 0. The third-order valence-corrected chi connectivity index (χ3v) is 13.8. The van der Waals surface area contributed by atoms with Crippen LogP contribution in [0.15, 0.2) is 30.3 Å². The van der Waals surface area contributed by atoms with E-state index in [1.807, 2.05) is 5.30 Å². The van der Waals surface area contributed by atoms with Gasteiger partial charge in [-0.25, -0.2) is 0 Å².